The predicted molar refractivity (Wildman–Crippen MR) is 146 cm³/mol. The third kappa shape index (κ3) is 6.10. The molecule has 228 valence electrons. The van der Waals surface area contributed by atoms with Gasteiger partial charge in [0.15, 0.2) is 17.9 Å². The average Bonchev–Trinajstić information content (AvgIpc) is 3.39. The molecule has 1 aromatic carbocycles. The highest BCUT2D eigenvalue weighted by Crippen LogP contribution is 2.55. The number of aryl methyl sites for hydroxylation is 1. The Morgan fingerprint density at radius 1 is 1.00 bits per heavy atom. The normalized spacial score (nSPS) is 32.3. The molecule has 14 heteroatoms. The highest BCUT2D eigenvalue weighted by Gasteiger charge is 2.66. The SMILES string of the molecule is CCOC(C)OC1C2OC(C)(C)OC2C(OP(=O)(OC)Oc2ccc3c(C)c(Cl)c(=O)oc3c2)C2OC(C)(C)OC12. The van der Waals surface area contributed by atoms with Gasteiger partial charge >= 0.3 is 13.4 Å². The van der Waals surface area contributed by atoms with Crippen LogP contribution >= 0.6 is 19.4 Å². The summed E-state index contributed by atoms with van der Waals surface area (Å²) in [5.41, 5.74) is 0.0471. The fraction of sp³-hybridized carbons (Fsp3) is 0.667. The van der Waals surface area contributed by atoms with Crippen molar-refractivity contribution in [2.45, 2.75) is 103 Å². The van der Waals surface area contributed by atoms with E-state index in [9.17, 15) is 9.36 Å². The van der Waals surface area contributed by atoms with Crippen molar-refractivity contribution in [3.8, 4) is 5.75 Å². The van der Waals surface area contributed by atoms with Crippen LogP contribution < -0.4 is 10.1 Å². The Bertz CT molecular complexity index is 1360. The van der Waals surface area contributed by atoms with Crippen molar-refractivity contribution < 1.29 is 51.0 Å². The Morgan fingerprint density at radius 3 is 2.10 bits per heavy atom. The smallest absolute Gasteiger partial charge is 0.421 e. The summed E-state index contributed by atoms with van der Waals surface area (Å²) in [6.45, 7) is 12.8. The second-order valence-electron chi connectivity index (χ2n) is 11.0. The van der Waals surface area contributed by atoms with Crippen molar-refractivity contribution in [2.24, 2.45) is 0 Å². The minimum absolute atomic E-state index is 0.0141. The van der Waals surface area contributed by atoms with Gasteiger partial charge in [-0.25, -0.2) is 9.36 Å². The molecule has 2 aromatic rings. The van der Waals surface area contributed by atoms with Crippen LogP contribution in [0.2, 0.25) is 5.02 Å². The van der Waals surface area contributed by atoms with Crippen LogP contribution in [0.5, 0.6) is 5.75 Å². The number of phosphoric acid groups is 1. The second-order valence-corrected chi connectivity index (χ2v) is 13.1. The lowest BCUT2D eigenvalue weighted by atomic mass is 9.85. The minimum atomic E-state index is -4.32. The van der Waals surface area contributed by atoms with Crippen LogP contribution in [-0.2, 0) is 42.0 Å². The van der Waals surface area contributed by atoms with Gasteiger partial charge < -0.3 is 37.4 Å². The van der Waals surface area contributed by atoms with Gasteiger partial charge in [0, 0.05) is 25.2 Å². The van der Waals surface area contributed by atoms with Crippen LogP contribution in [-0.4, -0.2) is 68.2 Å². The molecule has 12 nitrogen and oxygen atoms in total. The van der Waals surface area contributed by atoms with E-state index in [1.807, 2.05) is 6.92 Å². The molecule has 0 radical (unpaired) electrons. The molecular formula is C27H36ClO12P. The maximum Gasteiger partial charge on any atom is 0.530 e. The number of rotatable bonds is 9. The average molecular weight is 619 g/mol. The molecule has 5 rings (SSSR count). The first kappa shape index (κ1) is 30.9. The number of fused-ring (bicyclic) bond motifs is 3. The molecule has 3 heterocycles. The quantitative estimate of drug-likeness (QED) is 0.211. The number of halogens is 1. The Balaban J connectivity index is 1.47. The molecule has 1 aliphatic carbocycles. The van der Waals surface area contributed by atoms with Crippen molar-refractivity contribution in [3.05, 3.63) is 39.2 Å². The zero-order valence-corrected chi connectivity index (χ0v) is 25.9. The summed E-state index contributed by atoms with van der Waals surface area (Å²) in [6, 6.07) is 4.59. The molecule has 41 heavy (non-hydrogen) atoms. The van der Waals surface area contributed by atoms with Gasteiger partial charge in [-0.15, -0.1) is 0 Å². The van der Waals surface area contributed by atoms with Gasteiger partial charge in [-0.2, -0.15) is 0 Å². The van der Waals surface area contributed by atoms with Gasteiger partial charge in [0.2, 0.25) is 0 Å². The van der Waals surface area contributed by atoms with E-state index >= 15 is 0 Å². The minimum Gasteiger partial charge on any atom is -0.421 e. The van der Waals surface area contributed by atoms with E-state index < -0.39 is 67.9 Å². The summed E-state index contributed by atoms with van der Waals surface area (Å²) in [5, 5.41) is 0.581. The highest BCUT2D eigenvalue weighted by molar-refractivity contribution is 7.48. The topological polar surface area (TPSA) is 130 Å². The molecule has 2 saturated heterocycles. The summed E-state index contributed by atoms with van der Waals surface area (Å²) in [4.78, 5) is 12.1. The monoisotopic (exact) mass is 618 g/mol. The second kappa shape index (κ2) is 11.2. The Kier molecular flexibility index (Phi) is 8.41. The Morgan fingerprint density at radius 2 is 1.56 bits per heavy atom. The van der Waals surface area contributed by atoms with Crippen LogP contribution in [0.1, 0.15) is 47.1 Å². The highest BCUT2D eigenvalue weighted by atomic mass is 35.5. The first-order valence-electron chi connectivity index (χ1n) is 13.4. The number of hydrogen-bond donors (Lipinski definition) is 0. The fourth-order valence-electron chi connectivity index (χ4n) is 5.54. The summed E-state index contributed by atoms with van der Waals surface area (Å²) >= 11 is 6.03. The maximum atomic E-state index is 14.0. The Labute approximate surface area is 243 Å². The molecule has 3 fully saturated rings. The fourth-order valence-corrected chi connectivity index (χ4v) is 6.80. The number of ether oxygens (including phenoxy) is 6. The molecule has 0 spiro atoms. The number of hydrogen-bond acceptors (Lipinski definition) is 12. The molecule has 3 aliphatic rings. The zero-order chi connectivity index (χ0) is 29.9. The Hall–Kier alpha value is -1.57. The first-order valence-corrected chi connectivity index (χ1v) is 15.2. The molecule has 0 amide bonds. The van der Waals surface area contributed by atoms with Gasteiger partial charge in [0.05, 0.1) is 0 Å². The lowest BCUT2D eigenvalue weighted by molar-refractivity contribution is -0.239. The van der Waals surface area contributed by atoms with Crippen molar-refractivity contribution in [3.63, 3.8) is 0 Å². The van der Waals surface area contributed by atoms with Gasteiger partial charge in [-0.3, -0.25) is 9.05 Å². The maximum absolute atomic E-state index is 14.0. The lowest BCUT2D eigenvalue weighted by Gasteiger charge is -2.43. The van der Waals surface area contributed by atoms with E-state index in [2.05, 4.69) is 0 Å². The van der Waals surface area contributed by atoms with Gasteiger partial charge in [-0.05, 0) is 66.2 Å². The van der Waals surface area contributed by atoms with E-state index in [-0.39, 0.29) is 16.4 Å². The van der Waals surface area contributed by atoms with Crippen molar-refractivity contribution in [1.29, 1.82) is 0 Å². The molecule has 1 saturated carbocycles. The first-order chi connectivity index (χ1) is 19.2. The molecular weight excluding hydrogens is 583 g/mol. The van der Waals surface area contributed by atoms with Gasteiger partial charge in [0.1, 0.15) is 53.0 Å². The van der Waals surface area contributed by atoms with Gasteiger partial charge in [0.25, 0.3) is 0 Å². The molecule has 0 bridgehead atoms. The van der Waals surface area contributed by atoms with Crippen LogP contribution in [0, 0.1) is 6.92 Å². The molecule has 6 unspecified atom stereocenters. The molecule has 0 N–H and O–H groups in total. The predicted octanol–water partition coefficient (Wildman–Crippen LogP) is 5.09. The van der Waals surface area contributed by atoms with E-state index in [1.54, 1.807) is 53.7 Å². The third-order valence-electron chi connectivity index (χ3n) is 7.13. The van der Waals surface area contributed by atoms with E-state index in [1.165, 1.54) is 13.2 Å². The summed E-state index contributed by atoms with van der Waals surface area (Å²) in [6.07, 6.45) is -5.21. The van der Waals surface area contributed by atoms with Crippen LogP contribution in [0.4, 0.5) is 0 Å². The van der Waals surface area contributed by atoms with E-state index in [0.29, 0.717) is 17.6 Å². The summed E-state index contributed by atoms with van der Waals surface area (Å²) in [5.74, 6) is -1.96. The van der Waals surface area contributed by atoms with Crippen molar-refractivity contribution in [2.75, 3.05) is 13.7 Å². The van der Waals surface area contributed by atoms with Crippen LogP contribution in [0.25, 0.3) is 11.0 Å². The van der Waals surface area contributed by atoms with Crippen molar-refractivity contribution >= 4 is 30.4 Å². The van der Waals surface area contributed by atoms with E-state index in [4.69, 9.17) is 58.0 Å². The third-order valence-corrected chi connectivity index (χ3v) is 8.95. The largest absolute Gasteiger partial charge is 0.530 e. The van der Waals surface area contributed by atoms with E-state index in [0.717, 1.165) is 0 Å². The standard InChI is InChI=1S/C27H36ClO12P/c1-9-32-14(3)33-19-20-22(37-26(4,5)35-20)24(23-21(19)36-27(6,7)38-23)40-41(30,31-8)39-15-10-11-16-13(2)18(28)25(29)34-17(16)12-15/h10-12,14,19-24H,9H2,1-8H3. The zero-order valence-electron chi connectivity index (χ0n) is 24.2. The lowest BCUT2D eigenvalue weighted by Crippen LogP contribution is -2.63. The number of phosphoric ester groups is 1. The molecule has 2 aliphatic heterocycles. The molecule has 6 atom stereocenters. The van der Waals surface area contributed by atoms with Crippen molar-refractivity contribution in [1.82, 2.24) is 0 Å². The molecule has 1 aromatic heterocycles. The van der Waals surface area contributed by atoms with Gasteiger partial charge in [-0.1, -0.05) is 11.6 Å². The number of benzene rings is 1. The summed E-state index contributed by atoms with van der Waals surface area (Å²) in [7, 11) is -3.12. The van der Waals surface area contributed by atoms with Crippen LogP contribution in [0.3, 0.4) is 0 Å². The van der Waals surface area contributed by atoms with Crippen LogP contribution in [0.15, 0.2) is 27.4 Å². The summed E-state index contributed by atoms with van der Waals surface area (Å²) < 4.78 is 73.3.